The van der Waals surface area contributed by atoms with Crippen LogP contribution in [-0.4, -0.2) is 19.8 Å². The molecule has 0 aromatic heterocycles. The first-order valence-electron chi connectivity index (χ1n) is 8.41. The van der Waals surface area contributed by atoms with E-state index < -0.39 is 20.4 Å². The highest BCUT2D eigenvalue weighted by molar-refractivity contribution is 8.32. The Hall–Kier alpha value is -2.28. The minimum absolute atomic E-state index is 0.127. The average molecular weight is 403 g/mol. The van der Waals surface area contributed by atoms with E-state index >= 15 is 0 Å². The van der Waals surface area contributed by atoms with E-state index in [2.05, 4.69) is 0 Å². The summed E-state index contributed by atoms with van der Waals surface area (Å²) in [4.78, 5) is 0.885. The number of aromatic hydroxyl groups is 1. The van der Waals surface area contributed by atoms with Crippen molar-refractivity contribution in [3.8, 4) is 5.75 Å². The van der Waals surface area contributed by atoms with Gasteiger partial charge in [-0.2, -0.15) is 8.42 Å². The Bertz CT molecular complexity index is 1020. The molecule has 0 aliphatic heterocycles. The second kappa shape index (κ2) is 7.76. The van der Waals surface area contributed by atoms with Gasteiger partial charge in [0.05, 0.1) is 4.90 Å². The third-order valence-electron chi connectivity index (χ3n) is 4.30. The first-order valence-corrected chi connectivity index (χ1v) is 12.0. The molecule has 0 radical (unpaired) electrons. The Morgan fingerprint density at radius 2 is 1.41 bits per heavy atom. The molecule has 0 amide bonds. The largest absolute Gasteiger partial charge is 0.508 e. The van der Waals surface area contributed by atoms with E-state index in [1.165, 1.54) is 12.1 Å². The summed E-state index contributed by atoms with van der Waals surface area (Å²) in [7, 11) is -6.15. The molecule has 1 atom stereocenters. The maximum atomic E-state index is 12.9. The van der Waals surface area contributed by atoms with Crippen molar-refractivity contribution < 1.29 is 17.2 Å². The standard InChI is InChI=1S/C21H22O4S2/c1-17-8-6-7-9-18(17)16-26(2,20-14-12-19(22)13-15-20)25-27(23,24)21-10-4-3-5-11-21/h3-15,22H,16H2,1-2H3. The molecule has 1 N–H and O–H groups in total. The number of rotatable bonds is 6. The van der Waals surface area contributed by atoms with Gasteiger partial charge in [0, 0.05) is 10.6 Å². The molecule has 3 rings (SSSR count). The monoisotopic (exact) mass is 402 g/mol. The van der Waals surface area contributed by atoms with Crippen molar-refractivity contribution in [2.24, 2.45) is 0 Å². The van der Waals surface area contributed by atoms with E-state index in [-0.39, 0.29) is 10.6 Å². The van der Waals surface area contributed by atoms with Crippen LogP contribution in [0.25, 0.3) is 0 Å². The molecule has 1 unspecified atom stereocenters. The van der Waals surface area contributed by atoms with Gasteiger partial charge in [-0.05, 0) is 60.7 Å². The Morgan fingerprint density at radius 3 is 2.04 bits per heavy atom. The summed E-state index contributed by atoms with van der Waals surface area (Å²) in [5, 5.41) is 9.62. The zero-order valence-electron chi connectivity index (χ0n) is 15.2. The number of aryl methyl sites for hydroxylation is 1. The van der Waals surface area contributed by atoms with Gasteiger partial charge in [-0.1, -0.05) is 52.8 Å². The van der Waals surface area contributed by atoms with Gasteiger partial charge in [0.15, 0.2) is 0 Å². The summed E-state index contributed by atoms with van der Waals surface area (Å²) in [6.07, 6.45) is 1.84. The lowest BCUT2D eigenvalue weighted by atomic mass is 10.1. The van der Waals surface area contributed by atoms with E-state index in [1.807, 2.05) is 37.4 Å². The highest BCUT2D eigenvalue weighted by atomic mass is 32.3. The van der Waals surface area contributed by atoms with Crippen LogP contribution in [0.2, 0.25) is 0 Å². The van der Waals surface area contributed by atoms with Crippen molar-refractivity contribution in [3.05, 3.63) is 90.0 Å². The lowest BCUT2D eigenvalue weighted by Crippen LogP contribution is -2.14. The van der Waals surface area contributed by atoms with Crippen LogP contribution in [0.1, 0.15) is 11.1 Å². The second-order valence-electron chi connectivity index (χ2n) is 6.40. The second-order valence-corrected chi connectivity index (χ2v) is 11.1. The number of phenolic OH excluding ortho intramolecular Hbond substituents is 1. The molecule has 3 aromatic carbocycles. The molecule has 0 fully saturated rings. The third kappa shape index (κ3) is 4.53. The fraction of sp³-hybridized carbons (Fsp3) is 0.143. The Labute approximate surface area is 162 Å². The molecular formula is C21H22O4S2. The van der Waals surface area contributed by atoms with Gasteiger partial charge in [-0.15, -0.1) is 0 Å². The van der Waals surface area contributed by atoms with Crippen molar-refractivity contribution in [3.63, 3.8) is 0 Å². The van der Waals surface area contributed by atoms with Crippen molar-refractivity contribution in [1.82, 2.24) is 0 Å². The molecule has 142 valence electrons. The summed E-state index contributed by atoms with van der Waals surface area (Å²) < 4.78 is 31.7. The van der Waals surface area contributed by atoms with Crippen molar-refractivity contribution in [1.29, 1.82) is 0 Å². The first-order chi connectivity index (χ1) is 12.8. The summed E-state index contributed by atoms with van der Waals surface area (Å²) in [6, 6.07) is 22.6. The lowest BCUT2D eigenvalue weighted by molar-refractivity contribution is 0.475. The Balaban J connectivity index is 2.04. The highest BCUT2D eigenvalue weighted by Gasteiger charge is 2.31. The third-order valence-corrected chi connectivity index (χ3v) is 9.20. The molecule has 0 aliphatic carbocycles. The molecule has 3 aromatic rings. The van der Waals surface area contributed by atoms with Gasteiger partial charge in [-0.3, -0.25) is 0 Å². The van der Waals surface area contributed by atoms with Crippen LogP contribution in [0, 0.1) is 6.92 Å². The van der Waals surface area contributed by atoms with Crippen LogP contribution >= 0.6 is 10.3 Å². The summed E-state index contributed by atoms with van der Waals surface area (Å²) in [5.41, 5.74) is 2.11. The van der Waals surface area contributed by atoms with Gasteiger partial charge in [0.25, 0.3) is 0 Å². The summed E-state index contributed by atoms with van der Waals surface area (Å²) in [5.74, 6) is 0.582. The predicted molar refractivity (Wildman–Crippen MR) is 109 cm³/mol. The van der Waals surface area contributed by atoms with Crippen LogP contribution < -0.4 is 0 Å². The fourth-order valence-corrected chi connectivity index (χ4v) is 7.46. The van der Waals surface area contributed by atoms with Crippen LogP contribution in [0.5, 0.6) is 5.75 Å². The maximum absolute atomic E-state index is 12.9. The number of phenols is 1. The van der Waals surface area contributed by atoms with Gasteiger partial charge < -0.3 is 5.11 Å². The number of hydrogen-bond acceptors (Lipinski definition) is 4. The molecule has 6 heteroatoms. The smallest absolute Gasteiger partial charge is 0.306 e. The SMILES string of the molecule is Cc1ccccc1CS(C)(OS(=O)(=O)c1ccccc1)c1ccc(O)cc1. The minimum Gasteiger partial charge on any atom is -0.508 e. The summed E-state index contributed by atoms with van der Waals surface area (Å²) in [6.45, 7) is 2.00. The molecule has 0 heterocycles. The van der Waals surface area contributed by atoms with Crippen LogP contribution in [0.3, 0.4) is 0 Å². The van der Waals surface area contributed by atoms with Crippen molar-refractivity contribution in [2.45, 2.75) is 22.5 Å². The zero-order chi connectivity index (χ0) is 19.5. The molecule has 0 aliphatic rings. The van der Waals surface area contributed by atoms with Gasteiger partial charge in [0.2, 0.25) is 0 Å². The highest BCUT2D eigenvalue weighted by Crippen LogP contribution is 2.58. The molecular weight excluding hydrogens is 380 g/mol. The van der Waals surface area contributed by atoms with E-state index in [4.69, 9.17) is 3.63 Å². The van der Waals surface area contributed by atoms with Crippen LogP contribution in [0.4, 0.5) is 0 Å². The number of hydrogen-bond donors (Lipinski definition) is 1. The average Bonchev–Trinajstić information content (AvgIpc) is 2.64. The Kier molecular flexibility index (Phi) is 5.60. The fourth-order valence-electron chi connectivity index (χ4n) is 2.77. The molecule has 27 heavy (non-hydrogen) atoms. The van der Waals surface area contributed by atoms with Crippen molar-refractivity contribution >= 4 is 20.4 Å². The quantitative estimate of drug-likeness (QED) is 0.629. The van der Waals surface area contributed by atoms with Crippen LogP contribution in [-0.2, 0) is 19.5 Å². The maximum Gasteiger partial charge on any atom is 0.306 e. The van der Waals surface area contributed by atoms with E-state index in [0.717, 1.165) is 16.0 Å². The first kappa shape index (κ1) is 19.5. The van der Waals surface area contributed by atoms with Gasteiger partial charge in [-0.25, -0.2) is 3.63 Å². The lowest BCUT2D eigenvalue weighted by Gasteiger charge is -2.35. The van der Waals surface area contributed by atoms with Crippen molar-refractivity contribution in [2.75, 3.05) is 6.26 Å². The van der Waals surface area contributed by atoms with E-state index in [9.17, 15) is 13.5 Å². The number of benzene rings is 3. The van der Waals surface area contributed by atoms with E-state index in [0.29, 0.717) is 5.75 Å². The topological polar surface area (TPSA) is 63.6 Å². The molecule has 4 nitrogen and oxygen atoms in total. The van der Waals surface area contributed by atoms with Gasteiger partial charge in [0.1, 0.15) is 5.75 Å². The molecule has 0 saturated heterocycles. The van der Waals surface area contributed by atoms with Gasteiger partial charge >= 0.3 is 10.1 Å². The van der Waals surface area contributed by atoms with Crippen LogP contribution in [0.15, 0.2) is 88.7 Å². The minimum atomic E-state index is -3.93. The Morgan fingerprint density at radius 1 is 0.815 bits per heavy atom. The summed E-state index contributed by atoms with van der Waals surface area (Å²) >= 11 is 0. The van der Waals surface area contributed by atoms with E-state index in [1.54, 1.807) is 42.5 Å². The normalized spacial score (nSPS) is 15.0. The molecule has 0 bridgehead atoms. The zero-order valence-corrected chi connectivity index (χ0v) is 16.8. The predicted octanol–water partition coefficient (Wildman–Crippen LogP) is 5.01. The molecule has 0 saturated carbocycles. The molecule has 0 spiro atoms.